The standard InChI is InChI=1S/C19H20FN3O2/c1-13(19(25)22-17-9-3-2-8-16(17)20)21-14-6-4-7-15(12-14)23-11-5-10-18(23)24/h2-4,6-9,12-13,21H,5,10-11H2,1H3,(H,22,25)/t13-/m1/s1. The second kappa shape index (κ2) is 7.34. The first-order valence-electron chi connectivity index (χ1n) is 8.27. The zero-order valence-electron chi connectivity index (χ0n) is 14.0. The average Bonchev–Trinajstić information content (AvgIpc) is 3.03. The number of hydrogen-bond acceptors (Lipinski definition) is 3. The van der Waals surface area contributed by atoms with Crippen molar-refractivity contribution >= 4 is 28.9 Å². The van der Waals surface area contributed by atoms with Crippen LogP contribution in [0.3, 0.4) is 0 Å². The topological polar surface area (TPSA) is 61.4 Å². The van der Waals surface area contributed by atoms with E-state index >= 15 is 0 Å². The summed E-state index contributed by atoms with van der Waals surface area (Å²) in [4.78, 5) is 25.9. The van der Waals surface area contributed by atoms with Crippen molar-refractivity contribution in [3.8, 4) is 0 Å². The number of para-hydroxylation sites is 1. The molecule has 2 amide bonds. The Bertz CT molecular complexity index is 794. The van der Waals surface area contributed by atoms with Gasteiger partial charge in [-0.15, -0.1) is 0 Å². The summed E-state index contributed by atoms with van der Waals surface area (Å²) in [6.45, 7) is 2.41. The summed E-state index contributed by atoms with van der Waals surface area (Å²) < 4.78 is 13.6. The lowest BCUT2D eigenvalue weighted by Gasteiger charge is -2.19. The van der Waals surface area contributed by atoms with Crippen molar-refractivity contribution in [1.29, 1.82) is 0 Å². The van der Waals surface area contributed by atoms with Gasteiger partial charge in [-0.05, 0) is 43.7 Å². The number of nitrogens with zero attached hydrogens (tertiary/aromatic N) is 1. The first-order valence-corrected chi connectivity index (χ1v) is 8.27. The molecular formula is C19H20FN3O2. The molecule has 25 heavy (non-hydrogen) atoms. The Kier molecular flexibility index (Phi) is 4.97. The van der Waals surface area contributed by atoms with Crippen LogP contribution in [0.1, 0.15) is 19.8 Å². The summed E-state index contributed by atoms with van der Waals surface area (Å²) in [5, 5.41) is 5.65. The molecule has 1 saturated heterocycles. The fraction of sp³-hybridized carbons (Fsp3) is 0.263. The van der Waals surface area contributed by atoms with Gasteiger partial charge in [0, 0.05) is 24.3 Å². The molecule has 1 fully saturated rings. The van der Waals surface area contributed by atoms with Crippen LogP contribution in [0, 0.1) is 5.82 Å². The highest BCUT2D eigenvalue weighted by molar-refractivity contribution is 5.97. The van der Waals surface area contributed by atoms with Gasteiger partial charge in [-0.2, -0.15) is 0 Å². The van der Waals surface area contributed by atoms with Crippen LogP contribution in [0.15, 0.2) is 48.5 Å². The number of amides is 2. The van der Waals surface area contributed by atoms with E-state index in [1.807, 2.05) is 24.3 Å². The third-order valence-electron chi connectivity index (χ3n) is 4.14. The van der Waals surface area contributed by atoms with Crippen LogP contribution in [0.4, 0.5) is 21.5 Å². The Morgan fingerprint density at radius 3 is 2.72 bits per heavy atom. The number of anilines is 3. The van der Waals surface area contributed by atoms with Gasteiger partial charge in [0.05, 0.1) is 5.69 Å². The molecule has 130 valence electrons. The maximum atomic E-state index is 13.6. The van der Waals surface area contributed by atoms with Crippen LogP contribution >= 0.6 is 0 Å². The molecule has 3 rings (SSSR count). The molecule has 1 atom stereocenters. The maximum absolute atomic E-state index is 13.6. The zero-order valence-corrected chi connectivity index (χ0v) is 14.0. The highest BCUT2D eigenvalue weighted by atomic mass is 19.1. The van der Waals surface area contributed by atoms with Gasteiger partial charge in [0.2, 0.25) is 11.8 Å². The average molecular weight is 341 g/mol. The largest absolute Gasteiger partial charge is 0.374 e. The van der Waals surface area contributed by atoms with Gasteiger partial charge in [0.25, 0.3) is 0 Å². The third kappa shape index (κ3) is 3.96. The maximum Gasteiger partial charge on any atom is 0.246 e. The van der Waals surface area contributed by atoms with E-state index in [0.717, 1.165) is 17.8 Å². The van der Waals surface area contributed by atoms with Gasteiger partial charge < -0.3 is 15.5 Å². The van der Waals surface area contributed by atoms with Crippen molar-refractivity contribution < 1.29 is 14.0 Å². The predicted octanol–water partition coefficient (Wildman–Crippen LogP) is 3.39. The molecule has 0 aliphatic carbocycles. The molecule has 0 saturated carbocycles. The first-order chi connectivity index (χ1) is 12.0. The van der Waals surface area contributed by atoms with Crippen LogP contribution < -0.4 is 15.5 Å². The fourth-order valence-corrected chi connectivity index (χ4v) is 2.80. The van der Waals surface area contributed by atoms with Crippen LogP contribution in [0.2, 0.25) is 0 Å². The Morgan fingerprint density at radius 1 is 1.20 bits per heavy atom. The SMILES string of the molecule is C[C@@H](Nc1cccc(N2CCCC2=O)c1)C(=O)Nc1ccccc1F. The highest BCUT2D eigenvalue weighted by Crippen LogP contribution is 2.24. The molecule has 2 aromatic carbocycles. The predicted molar refractivity (Wildman–Crippen MR) is 96.1 cm³/mol. The smallest absolute Gasteiger partial charge is 0.246 e. The Balaban J connectivity index is 1.66. The normalized spacial score (nSPS) is 15.1. The van der Waals surface area contributed by atoms with Gasteiger partial charge in [0.1, 0.15) is 11.9 Å². The van der Waals surface area contributed by atoms with Gasteiger partial charge in [-0.3, -0.25) is 9.59 Å². The van der Waals surface area contributed by atoms with E-state index in [2.05, 4.69) is 10.6 Å². The molecule has 0 aromatic heterocycles. The molecule has 2 aromatic rings. The van der Waals surface area contributed by atoms with Crippen LogP contribution in [-0.4, -0.2) is 24.4 Å². The number of hydrogen-bond donors (Lipinski definition) is 2. The van der Waals surface area contributed by atoms with Crippen LogP contribution in [0.5, 0.6) is 0 Å². The van der Waals surface area contributed by atoms with Crippen molar-refractivity contribution in [3.05, 3.63) is 54.3 Å². The summed E-state index contributed by atoms with van der Waals surface area (Å²) in [5.41, 5.74) is 1.69. The number of benzene rings is 2. The Labute approximate surface area is 145 Å². The molecule has 2 N–H and O–H groups in total. The van der Waals surface area contributed by atoms with Gasteiger partial charge in [0.15, 0.2) is 0 Å². The minimum atomic E-state index is -0.566. The van der Waals surface area contributed by atoms with E-state index < -0.39 is 11.9 Å². The highest BCUT2D eigenvalue weighted by Gasteiger charge is 2.22. The number of carbonyl (C=O) groups excluding carboxylic acids is 2. The fourth-order valence-electron chi connectivity index (χ4n) is 2.80. The molecule has 0 radical (unpaired) electrons. The molecule has 0 unspecified atom stereocenters. The molecule has 1 heterocycles. The molecule has 0 spiro atoms. The van der Waals surface area contributed by atoms with Crippen molar-refractivity contribution in [2.75, 3.05) is 22.1 Å². The molecule has 0 bridgehead atoms. The summed E-state index contributed by atoms with van der Waals surface area (Å²) in [6, 6.07) is 12.9. The van der Waals surface area contributed by atoms with Crippen molar-refractivity contribution in [2.45, 2.75) is 25.8 Å². The van der Waals surface area contributed by atoms with Gasteiger partial charge in [-0.1, -0.05) is 18.2 Å². The van der Waals surface area contributed by atoms with Crippen molar-refractivity contribution in [1.82, 2.24) is 0 Å². The molecule has 1 aliphatic heterocycles. The summed E-state index contributed by atoms with van der Waals surface area (Å²) in [6.07, 6.45) is 1.43. The molecule has 6 heteroatoms. The second-order valence-corrected chi connectivity index (χ2v) is 6.03. The minimum absolute atomic E-state index is 0.113. The summed E-state index contributed by atoms with van der Waals surface area (Å²) in [5.74, 6) is -0.701. The van der Waals surface area contributed by atoms with E-state index in [1.54, 1.807) is 24.0 Å². The number of nitrogens with one attached hydrogen (secondary N) is 2. The van der Waals surface area contributed by atoms with E-state index in [1.165, 1.54) is 12.1 Å². The lowest BCUT2D eigenvalue weighted by atomic mass is 10.2. The van der Waals surface area contributed by atoms with Crippen LogP contribution in [0.25, 0.3) is 0 Å². The van der Waals surface area contributed by atoms with Gasteiger partial charge >= 0.3 is 0 Å². The number of halogens is 1. The second-order valence-electron chi connectivity index (χ2n) is 6.03. The Hall–Kier alpha value is -2.89. The molecule has 1 aliphatic rings. The lowest BCUT2D eigenvalue weighted by Crippen LogP contribution is -2.32. The summed E-state index contributed by atoms with van der Waals surface area (Å²) in [7, 11) is 0. The van der Waals surface area contributed by atoms with Crippen LogP contribution in [-0.2, 0) is 9.59 Å². The number of carbonyl (C=O) groups is 2. The monoisotopic (exact) mass is 341 g/mol. The van der Waals surface area contributed by atoms with Gasteiger partial charge in [-0.25, -0.2) is 4.39 Å². The summed E-state index contributed by atoms with van der Waals surface area (Å²) >= 11 is 0. The molecular weight excluding hydrogens is 321 g/mol. The molecule has 5 nitrogen and oxygen atoms in total. The van der Waals surface area contributed by atoms with E-state index in [4.69, 9.17) is 0 Å². The first kappa shape index (κ1) is 17.0. The Morgan fingerprint density at radius 2 is 2.00 bits per heavy atom. The zero-order chi connectivity index (χ0) is 17.8. The van der Waals surface area contributed by atoms with E-state index in [-0.39, 0.29) is 17.5 Å². The van der Waals surface area contributed by atoms with E-state index in [9.17, 15) is 14.0 Å². The van der Waals surface area contributed by atoms with Crippen molar-refractivity contribution in [2.24, 2.45) is 0 Å². The van der Waals surface area contributed by atoms with Crippen molar-refractivity contribution in [3.63, 3.8) is 0 Å². The van der Waals surface area contributed by atoms with E-state index in [0.29, 0.717) is 13.0 Å². The minimum Gasteiger partial charge on any atom is -0.374 e. The quantitative estimate of drug-likeness (QED) is 0.876. The number of rotatable bonds is 5. The third-order valence-corrected chi connectivity index (χ3v) is 4.14. The lowest BCUT2D eigenvalue weighted by molar-refractivity contribution is -0.117.